The van der Waals surface area contributed by atoms with Crippen molar-refractivity contribution in [3.05, 3.63) is 107 Å². The Morgan fingerprint density at radius 2 is 1.54 bits per heavy atom. The third-order valence-electron chi connectivity index (χ3n) is 5.73. The monoisotopic (exact) mass is 502 g/mol. The minimum Gasteiger partial charge on any atom is -0.462 e. The van der Waals surface area contributed by atoms with E-state index in [1.807, 2.05) is 63.4 Å². The second-order valence-corrected chi connectivity index (χ2v) is 8.70. The number of anilines is 1. The summed E-state index contributed by atoms with van der Waals surface area (Å²) in [5, 5.41) is 0. The average Bonchev–Trinajstić information content (AvgIpc) is 2.92. The molecule has 0 saturated carbocycles. The van der Waals surface area contributed by atoms with E-state index in [4.69, 9.17) is 4.74 Å². The van der Waals surface area contributed by atoms with Crippen LogP contribution in [0.4, 0.5) is 5.69 Å². The molecule has 0 saturated heterocycles. The van der Waals surface area contributed by atoms with Crippen LogP contribution >= 0.6 is 0 Å². The van der Waals surface area contributed by atoms with Crippen LogP contribution in [0.25, 0.3) is 5.57 Å². The third kappa shape index (κ3) is 11.3. The van der Waals surface area contributed by atoms with Gasteiger partial charge in [0.05, 0.1) is 12.2 Å². The quantitative estimate of drug-likeness (QED) is 0.147. The number of carbonyl (C=O) groups is 2. The number of aryl methyl sites for hydroxylation is 2. The first-order valence-corrected chi connectivity index (χ1v) is 12.7. The number of hydrazine groups is 1. The van der Waals surface area contributed by atoms with Gasteiger partial charge in [-0.05, 0) is 74.1 Å². The van der Waals surface area contributed by atoms with Gasteiger partial charge in [0.1, 0.15) is 0 Å². The Labute approximate surface area is 222 Å². The number of carbonyl (C=O) groups excluding carboxylic acids is 2. The summed E-state index contributed by atoms with van der Waals surface area (Å²) in [5.74, 6) is -0.0290. The molecule has 0 unspecified atom stereocenters. The molecule has 0 aliphatic heterocycles. The van der Waals surface area contributed by atoms with E-state index in [-0.39, 0.29) is 5.97 Å². The van der Waals surface area contributed by atoms with Gasteiger partial charge in [-0.3, -0.25) is 4.79 Å². The third-order valence-corrected chi connectivity index (χ3v) is 5.73. The summed E-state index contributed by atoms with van der Waals surface area (Å²) >= 11 is 0. The molecule has 0 radical (unpaired) electrons. The molecule has 0 aliphatic rings. The second kappa shape index (κ2) is 17.7. The molecule has 2 N–H and O–H groups in total. The molecule has 0 atom stereocenters. The highest BCUT2D eigenvalue weighted by Crippen LogP contribution is 2.25. The summed E-state index contributed by atoms with van der Waals surface area (Å²) in [6.07, 6.45) is 2.03. The van der Waals surface area contributed by atoms with Gasteiger partial charge in [-0.2, -0.15) is 0 Å². The van der Waals surface area contributed by atoms with Crippen LogP contribution < -0.4 is 10.9 Å². The highest BCUT2D eigenvalue weighted by molar-refractivity contribution is 6.09. The fourth-order valence-corrected chi connectivity index (χ4v) is 3.37. The van der Waals surface area contributed by atoms with Crippen molar-refractivity contribution in [3.8, 4) is 0 Å². The maximum atomic E-state index is 11.7. The van der Waals surface area contributed by atoms with E-state index in [0.29, 0.717) is 23.7 Å². The smallest absolute Gasteiger partial charge is 0.338 e. The predicted molar refractivity (Wildman–Crippen MR) is 156 cm³/mol. The molecule has 0 fully saturated rings. The van der Waals surface area contributed by atoms with Crippen LogP contribution in [-0.4, -0.2) is 25.9 Å². The zero-order valence-electron chi connectivity index (χ0n) is 23.3. The standard InChI is InChI=1S/C17H22O3.C8H10.C7H10N2/c1-6-20-17(19)14-7-8-15(12(4)9-14)16(10-18)13(5)11(2)3;1-2-8-6-4-3-5-7-8;1-8-9-7-5-3-2-4-6-7/h7-11H,6H2,1-5H3;3-7H,2H2,1H3;2-6,8-9H,1H3/b16-13+;;. The average molecular weight is 503 g/mol. The first kappa shape index (κ1) is 31.3. The fraction of sp³-hybridized carbons (Fsp3) is 0.312. The molecule has 0 aliphatic carbocycles. The largest absolute Gasteiger partial charge is 0.462 e. The van der Waals surface area contributed by atoms with Crippen LogP contribution in [0.1, 0.15) is 61.7 Å². The molecule has 3 aromatic carbocycles. The maximum absolute atomic E-state index is 11.7. The van der Waals surface area contributed by atoms with Gasteiger partial charge in [-0.1, -0.05) is 80.9 Å². The first-order valence-electron chi connectivity index (χ1n) is 12.7. The van der Waals surface area contributed by atoms with Gasteiger partial charge in [0, 0.05) is 18.3 Å². The Bertz CT molecular complexity index is 1110. The number of nitrogens with one attached hydrogen (secondary N) is 2. The summed E-state index contributed by atoms with van der Waals surface area (Å²) in [5.41, 5.74) is 12.3. The highest BCUT2D eigenvalue weighted by Gasteiger charge is 2.13. The zero-order valence-corrected chi connectivity index (χ0v) is 23.3. The zero-order chi connectivity index (χ0) is 27.6. The number of benzene rings is 3. The van der Waals surface area contributed by atoms with Crippen molar-refractivity contribution in [1.29, 1.82) is 0 Å². The van der Waals surface area contributed by atoms with Crippen LogP contribution in [0, 0.1) is 12.8 Å². The molecule has 0 aromatic heterocycles. The van der Waals surface area contributed by atoms with Crippen molar-refractivity contribution in [2.45, 2.75) is 48.0 Å². The van der Waals surface area contributed by atoms with Crippen LogP contribution in [0.3, 0.4) is 0 Å². The molecule has 3 rings (SSSR count). The Balaban J connectivity index is 0.000000328. The predicted octanol–water partition coefficient (Wildman–Crippen LogP) is 7.28. The van der Waals surface area contributed by atoms with Gasteiger partial charge in [0.15, 0.2) is 6.29 Å². The van der Waals surface area contributed by atoms with E-state index in [0.717, 1.165) is 35.1 Å². The number of allylic oxidation sites excluding steroid dienone is 2. The molecule has 5 heteroatoms. The molecular formula is C32H42N2O3. The number of hydrogen-bond acceptors (Lipinski definition) is 5. The molecule has 0 bridgehead atoms. The fourth-order valence-electron chi connectivity index (χ4n) is 3.37. The minimum atomic E-state index is -0.334. The number of hydrogen-bond donors (Lipinski definition) is 2. The maximum Gasteiger partial charge on any atom is 0.338 e. The summed E-state index contributed by atoms with van der Waals surface area (Å²) in [6.45, 7) is 12.3. The second-order valence-electron chi connectivity index (χ2n) is 8.70. The van der Waals surface area contributed by atoms with Crippen LogP contribution in [-0.2, 0) is 16.0 Å². The summed E-state index contributed by atoms with van der Waals surface area (Å²) in [6, 6.07) is 25.7. The summed E-state index contributed by atoms with van der Waals surface area (Å²) in [7, 11) is 1.84. The minimum absolute atomic E-state index is 0.305. The Morgan fingerprint density at radius 3 is 1.97 bits per heavy atom. The van der Waals surface area contributed by atoms with Gasteiger partial charge >= 0.3 is 5.97 Å². The SMILES string of the molecule is CCOC(=O)c1ccc(/C(C=O)=C(\C)C(C)C)c(C)c1.CCc1ccccc1.CNNc1ccccc1. The van der Waals surface area contributed by atoms with Crippen molar-refractivity contribution in [1.82, 2.24) is 5.43 Å². The molecule has 3 aromatic rings. The van der Waals surface area contributed by atoms with E-state index in [9.17, 15) is 9.59 Å². The number of ether oxygens (including phenoxy) is 1. The first-order chi connectivity index (χ1) is 17.8. The van der Waals surface area contributed by atoms with Gasteiger partial charge < -0.3 is 10.2 Å². The van der Waals surface area contributed by atoms with Crippen molar-refractivity contribution < 1.29 is 14.3 Å². The lowest BCUT2D eigenvalue weighted by Crippen LogP contribution is -2.14. The highest BCUT2D eigenvalue weighted by atomic mass is 16.5. The number of aldehydes is 1. The lowest BCUT2D eigenvalue weighted by atomic mass is 9.91. The van der Waals surface area contributed by atoms with E-state index >= 15 is 0 Å². The van der Waals surface area contributed by atoms with E-state index < -0.39 is 0 Å². The molecule has 198 valence electrons. The van der Waals surface area contributed by atoms with Gasteiger partial charge in [-0.15, -0.1) is 0 Å². The Morgan fingerprint density at radius 1 is 0.946 bits per heavy atom. The van der Waals surface area contributed by atoms with E-state index in [2.05, 4.69) is 55.9 Å². The van der Waals surface area contributed by atoms with Crippen molar-refractivity contribution in [3.63, 3.8) is 0 Å². The van der Waals surface area contributed by atoms with Crippen molar-refractivity contribution in [2.75, 3.05) is 19.1 Å². The van der Waals surface area contributed by atoms with Gasteiger partial charge in [0.2, 0.25) is 0 Å². The van der Waals surface area contributed by atoms with E-state index in [1.165, 1.54) is 5.56 Å². The molecular weight excluding hydrogens is 460 g/mol. The van der Waals surface area contributed by atoms with Crippen LogP contribution in [0.5, 0.6) is 0 Å². The van der Waals surface area contributed by atoms with Gasteiger partial charge in [-0.25, -0.2) is 10.2 Å². The van der Waals surface area contributed by atoms with Crippen molar-refractivity contribution in [2.24, 2.45) is 5.92 Å². The topological polar surface area (TPSA) is 67.4 Å². The number of rotatable bonds is 8. The van der Waals surface area contributed by atoms with Gasteiger partial charge in [0.25, 0.3) is 0 Å². The normalized spacial score (nSPS) is 10.7. The van der Waals surface area contributed by atoms with Crippen LogP contribution in [0.2, 0.25) is 0 Å². The van der Waals surface area contributed by atoms with Crippen molar-refractivity contribution >= 4 is 23.5 Å². The Kier molecular flexibility index (Phi) is 15.0. The molecule has 0 heterocycles. The van der Waals surface area contributed by atoms with E-state index in [1.54, 1.807) is 19.1 Å². The van der Waals surface area contributed by atoms with Crippen LogP contribution in [0.15, 0.2) is 84.4 Å². The number of esters is 1. The summed E-state index contributed by atoms with van der Waals surface area (Å²) < 4.78 is 4.97. The molecule has 5 nitrogen and oxygen atoms in total. The Hall–Kier alpha value is -3.70. The lowest BCUT2D eigenvalue weighted by molar-refractivity contribution is -0.103. The molecule has 37 heavy (non-hydrogen) atoms. The summed E-state index contributed by atoms with van der Waals surface area (Å²) in [4.78, 5) is 23.1. The molecule has 0 amide bonds. The lowest BCUT2D eigenvalue weighted by Gasteiger charge is -2.13. The number of para-hydroxylation sites is 1. The molecule has 0 spiro atoms.